The molecule has 3 nitrogen and oxygen atoms in total. The third-order valence-corrected chi connectivity index (χ3v) is 3.44. The van der Waals surface area contributed by atoms with Gasteiger partial charge in [-0.1, -0.05) is 41.4 Å². The molecule has 2 rings (SSSR count). The Morgan fingerprint density at radius 1 is 1.19 bits per heavy atom. The van der Waals surface area contributed by atoms with Crippen LogP contribution in [0.25, 0.3) is 0 Å². The zero-order valence-electron chi connectivity index (χ0n) is 11.5. The molecule has 0 aliphatic rings. The number of carbonyl (C=O) groups is 1. The average molecular weight is 324 g/mol. The maximum atomic E-state index is 11.9. The van der Waals surface area contributed by atoms with Crippen LogP contribution in [0.3, 0.4) is 0 Å². The van der Waals surface area contributed by atoms with Crippen molar-refractivity contribution in [2.24, 2.45) is 0 Å². The molecule has 2 aromatic rings. The van der Waals surface area contributed by atoms with Crippen molar-refractivity contribution in [3.05, 3.63) is 58.1 Å². The van der Waals surface area contributed by atoms with Crippen LogP contribution in [0.15, 0.2) is 42.5 Å². The Bertz CT molecular complexity index is 644. The Kier molecular flexibility index (Phi) is 5.48. The molecule has 110 valence electrons. The topological polar surface area (TPSA) is 38.3 Å². The number of amides is 1. The Morgan fingerprint density at radius 2 is 1.95 bits per heavy atom. The molecule has 0 aromatic heterocycles. The zero-order valence-corrected chi connectivity index (χ0v) is 13.0. The summed E-state index contributed by atoms with van der Waals surface area (Å²) in [5.41, 5.74) is 1.67. The summed E-state index contributed by atoms with van der Waals surface area (Å²) in [6.07, 6.45) is 0.233. The number of halogens is 2. The number of anilines is 1. The second-order valence-corrected chi connectivity index (χ2v) is 5.38. The Balaban J connectivity index is 1.85. The molecule has 0 heterocycles. The minimum atomic E-state index is -0.132. The van der Waals surface area contributed by atoms with Gasteiger partial charge in [0.25, 0.3) is 0 Å². The van der Waals surface area contributed by atoms with Gasteiger partial charge < -0.3 is 10.1 Å². The molecular formula is C16H15Cl2NO2. The first-order valence-electron chi connectivity index (χ1n) is 6.49. The fourth-order valence-corrected chi connectivity index (χ4v) is 2.12. The van der Waals surface area contributed by atoms with E-state index < -0.39 is 0 Å². The highest BCUT2D eigenvalue weighted by Gasteiger charge is 2.07. The lowest BCUT2D eigenvalue weighted by Crippen LogP contribution is -2.15. The molecule has 0 unspecified atom stereocenters. The normalized spacial score (nSPS) is 10.2. The number of carbonyl (C=O) groups excluding carboxylic acids is 1. The highest BCUT2D eigenvalue weighted by molar-refractivity contribution is 6.32. The molecule has 0 radical (unpaired) electrons. The van der Waals surface area contributed by atoms with Crippen molar-refractivity contribution in [1.82, 2.24) is 0 Å². The molecule has 0 atom stereocenters. The standard InChI is InChI=1S/C16H15Cl2NO2/c1-11-6-7-12(17)10-14(11)19-16(20)8-9-21-15-5-3-2-4-13(15)18/h2-7,10H,8-9H2,1H3,(H,19,20). The number of nitrogens with one attached hydrogen (secondary N) is 1. The Morgan fingerprint density at radius 3 is 2.71 bits per heavy atom. The first-order chi connectivity index (χ1) is 10.1. The summed E-state index contributed by atoms with van der Waals surface area (Å²) >= 11 is 11.9. The van der Waals surface area contributed by atoms with Crippen molar-refractivity contribution < 1.29 is 9.53 Å². The summed E-state index contributed by atoms with van der Waals surface area (Å²) in [6, 6.07) is 12.5. The minimum absolute atomic E-state index is 0.132. The SMILES string of the molecule is Cc1ccc(Cl)cc1NC(=O)CCOc1ccccc1Cl. The molecule has 0 aliphatic heterocycles. The van der Waals surface area contributed by atoms with Crippen molar-refractivity contribution in [2.75, 3.05) is 11.9 Å². The quantitative estimate of drug-likeness (QED) is 0.865. The number of rotatable bonds is 5. The third kappa shape index (κ3) is 4.66. The number of aryl methyl sites for hydroxylation is 1. The van der Waals surface area contributed by atoms with Crippen LogP contribution in [0.5, 0.6) is 5.75 Å². The maximum absolute atomic E-state index is 11.9. The van der Waals surface area contributed by atoms with Gasteiger partial charge in [0.15, 0.2) is 0 Å². The van der Waals surface area contributed by atoms with E-state index in [2.05, 4.69) is 5.32 Å². The van der Waals surface area contributed by atoms with Crippen LogP contribution in [0.1, 0.15) is 12.0 Å². The van der Waals surface area contributed by atoms with Crippen LogP contribution in [-0.4, -0.2) is 12.5 Å². The van der Waals surface area contributed by atoms with E-state index in [4.69, 9.17) is 27.9 Å². The number of benzene rings is 2. The lowest BCUT2D eigenvalue weighted by Gasteiger charge is -2.10. The van der Waals surface area contributed by atoms with E-state index >= 15 is 0 Å². The van der Waals surface area contributed by atoms with Crippen molar-refractivity contribution >= 4 is 34.8 Å². The lowest BCUT2D eigenvalue weighted by atomic mass is 10.2. The van der Waals surface area contributed by atoms with Crippen molar-refractivity contribution in [3.63, 3.8) is 0 Å². The van der Waals surface area contributed by atoms with Crippen LogP contribution in [0, 0.1) is 6.92 Å². The highest BCUT2D eigenvalue weighted by atomic mass is 35.5. The molecule has 2 aromatic carbocycles. The third-order valence-electron chi connectivity index (χ3n) is 2.90. The maximum Gasteiger partial charge on any atom is 0.227 e. The van der Waals surface area contributed by atoms with Crippen LogP contribution in [0.2, 0.25) is 10.0 Å². The van der Waals surface area contributed by atoms with Gasteiger partial charge in [-0.2, -0.15) is 0 Å². The molecule has 1 N–H and O–H groups in total. The van der Waals surface area contributed by atoms with Crippen molar-refractivity contribution in [2.45, 2.75) is 13.3 Å². The molecule has 0 spiro atoms. The lowest BCUT2D eigenvalue weighted by molar-refractivity contribution is -0.116. The highest BCUT2D eigenvalue weighted by Crippen LogP contribution is 2.23. The second kappa shape index (κ2) is 7.34. The molecule has 0 bridgehead atoms. The van der Waals surface area contributed by atoms with Crippen LogP contribution in [0.4, 0.5) is 5.69 Å². The number of hydrogen-bond donors (Lipinski definition) is 1. The predicted octanol–water partition coefficient (Wildman–Crippen LogP) is 4.71. The first kappa shape index (κ1) is 15.7. The van der Waals surface area contributed by atoms with Crippen molar-refractivity contribution in [3.8, 4) is 5.75 Å². The van der Waals surface area contributed by atoms with Gasteiger partial charge in [0.2, 0.25) is 5.91 Å². The van der Waals surface area contributed by atoms with E-state index in [1.165, 1.54) is 0 Å². The van der Waals surface area contributed by atoms with Crippen LogP contribution >= 0.6 is 23.2 Å². The summed E-state index contributed by atoms with van der Waals surface area (Å²) in [5.74, 6) is 0.443. The van der Waals surface area contributed by atoms with Gasteiger partial charge in [-0.15, -0.1) is 0 Å². The van der Waals surface area contributed by atoms with Gasteiger partial charge in [0.1, 0.15) is 5.75 Å². The predicted molar refractivity (Wildman–Crippen MR) is 86.4 cm³/mol. The van der Waals surface area contributed by atoms with E-state index in [0.717, 1.165) is 5.56 Å². The second-order valence-electron chi connectivity index (χ2n) is 4.54. The number of ether oxygens (including phenoxy) is 1. The monoisotopic (exact) mass is 323 g/mol. The summed E-state index contributed by atoms with van der Waals surface area (Å²) in [5, 5.41) is 3.93. The summed E-state index contributed by atoms with van der Waals surface area (Å²) in [6.45, 7) is 2.17. The fourth-order valence-electron chi connectivity index (χ4n) is 1.76. The number of hydrogen-bond acceptors (Lipinski definition) is 2. The molecule has 0 fully saturated rings. The zero-order chi connectivity index (χ0) is 15.2. The molecule has 0 saturated heterocycles. The molecular weight excluding hydrogens is 309 g/mol. The van der Waals surface area contributed by atoms with E-state index in [-0.39, 0.29) is 18.9 Å². The summed E-state index contributed by atoms with van der Waals surface area (Å²) < 4.78 is 5.48. The Labute approximate surface area is 133 Å². The largest absolute Gasteiger partial charge is 0.491 e. The van der Waals surface area contributed by atoms with Crippen molar-refractivity contribution in [1.29, 1.82) is 0 Å². The van der Waals surface area contributed by atoms with Gasteiger partial charge >= 0.3 is 0 Å². The van der Waals surface area contributed by atoms with Gasteiger partial charge in [-0.3, -0.25) is 4.79 Å². The number of para-hydroxylation sites is 1. The molecule has 0 saturated carbocycles. The van der Waals surface area contributed by atoms with Gasteiger partial charge in [-0.25, -0.2) is 0 Å². The fraction of sp³-hybridized carbons (Fsp3) is 0.188. The van der Waals surface area contributed by atoms with Gasteiger partial charge in [0, 0.05) is 10.7 Å². The van der Waals surface area contributed by atoms with Crippen LogP contribution in [-0.2, 0) is 4.79 Å². The Hall–Kier alpha value is -1.71. The first-order valence-corrected chi connectivity index (χ1v) is 7.25. The smallest absolute Gasteiger partial charge is 0.227 e. The molecule has 5 heteroatoms. The van der Waals surface area contributed by atoms with E-state index in [1.807, 2.05) is 25.1 Å². The summed E-state index contributed by atoms with van der Waals surface area (Å²) in [4.78, 5) is 11.9. The minimum Gasteiger partial charge on any atom is -0.491 e. The van der Waals surface area contributed by atoms with E-state index in [1.54, 1.807) is 24.3 Å². The average Bonchev–Trinajstić information content (AvgIpc) is 2.45. The van der Waals surface area contributed by atoms with E-state index in [9.17, 15) is 4.79 Å². The van der Waals surface area contributed by atoms with Gasteiger partial charge in [-0.05, 0) is 36.8 Å². The van der Waals surface area contributed by atoms with Gasteiger partial charge in [0.05, 0.1) is 18.1 Å². The molecule has 0 aliphatic carbocycles. The summed E-state index contributed by atoms with van der Waals surface area (Å²) in [7, 11) is 0. The molecule has 1 amide bonds. The molecule has 21 heavy (non-hydrogen) atoms. The van der Waals surface area contributed by atoms with E-state index in [0.29, 0.717) is 21.5 Å². The van der Waals surface area contributed by atoms with Crippen LogP contribution < -0.4 is 10.1 Å².